The molecule has 1 amide bonds. The molecule has 144 valence electrons. The summed E-state index contributed by atoms with van der Waals surface area (Å²) in [6.45, 7) is 1.55. The van der Waals surface area contributed by atoms with Gasteiger partial charge in [0.1, 0.15) is 11.8 Å². The van der Waals surface area contributed by atoms with Crippen molar-refractivity contribution in [1.29, 1.82) is 0 Å². The lowest BCUT2D eigenvalue weighted by molar-refractivity contribution is -0.116. The minimum Gasteiger partial charge on any atom is -0.455 e. The molecule has 4 nitrogen and oxygen atoms in total. The van der Waals surface area contributed by atoms with E-state index in [4.69, 9.17) is 4.74 Å². The maximum atomic E-state index is 13.7. The Morgan fingerprint density at radius 1 is 0.857 bits per heavy atom. The van der Waals surface area contributed by atoms with Gasteiger partial charge in [-0.25, -0.2) is 13.2 Å². The molecule has 0 aliphatic heterocycles. The van der Waals surface area contributed by atoms with Crippen molar-refractivity contribution < 1.29 is 22.7 Å². The molecule has 0 heterocycles. The molecular weight excluding hydrogens is 369 g/mol. The number of nitrogens with one attached hydrogen (secondary N) is 2. The van der Waals surface area contributed by atoms with Gasteiger partial charge in [-0.1, -0.05) is 30.3 Å². The molecule has 2 N–H and O–H groups in total. The first-order valence-electron chi connectivity index (χ1n) is 8.48. The van der Waals surface area contributed by atoms with Crippen LogP contribution in [-0.2, 0) is 4.79 Å². The second-order valence-corrected chi connectivity index (χ2v) is 5.99. The average molecular weight is 386 g/mol. The van der Waals surface area contributed by atoms with E-state index in [1.165, 1.54) is 0 Å². The van der Waals surface area contributed by atoms with Crippen LogP contribution in [0.5, 0.6) is 11.5 Å². The number of carbonyl (C=O) groups excluding carboxylic acids is 1. The Morgan fingerprint density at radius 3 is 2.29 bits per heavy atom. The molecule has 0 saturated carbocycles. The molecule has 28 heavy (non-hydrogen) atoms. The highest BCUT2D eigenvalue weighted by Gasteiger charge is 2.19. The van der Waals surface area contributed by atoms with Crippen LogP contribution in [0.25, 0.3) is 0 Å². The van der Waals surface area contributed by atoms with Crippen molar-refractivity contribution in [3.63, 3.8) is 0 Å². The topological polar surface area (TPSA) is 50.4 Å². The quantitative estimate of drug-likeness (QED) is 0.563. The zero-order valence-corrected chi connectivity index (χ0v) is 14.9. The molecule has 0 saturated heterocycles. The predicted molar refractivity (Wildman–Crippen MR) is 101 cm³/mol. The molecule has 7 heteroatoms. The van der Waals surface area contributed by atoms with Crippen molar-refractivity contribution in [2.24, 2.45) is 0 Å². The van der Waals surface area contributed by atoms with Gasteiger partial charge in [-0.05, 0) is 43.3 Å². The molecule has 3 aromatic rings. The summed E-state index contributed by atoms with van der Waals surface area (Å²) in [6, 6.07) is 17.0. The number of carbonyl (C=O) groups is 1. The second-order valence-electron chi connectivity index (χ2n) is 5.99. The Hall–Kier alpha value is -3.48. The van der Waals surface area contributed by atoms with Crippen LogP contribution in [0.3, 0.4) is 0 Å². The highest BCUT2D eigenvalue weighted by molar-refractivity contribution is 5.96. The number of para-hydroxylation sites is 3. The summed E-state index contributed by atoms with van der Waals surface area (Å²) in [5, 5.41) is 5.21. The standard InChI is InChI=1S/C21H17F3N2O2/c1-13(21(27)26-17-12-11-15(22)19(23)20(17)24)25-16-9-5-6-10-18(16)28-14-7-3-2-4-8-14/h2-13,25H,1H3,(H,26,27)/t13-/m0/s1. The first kappa shape index (κ1) is 19.3. The van der Waals surface area contributed by atoms with E-state index in [2.05, 4.69) is 10.6 Å². The fourth-order valence-corrected chi connectivity index (χ4v) is 2.45. The van der Waals surface area contributed by atoms with Crippen molar-refractivity contribution in [3.8, 4) is 11.5 Å². The van der Waals surface area contributed by atoms with Gasteiger partial charge in [0.15, 0.2) is 23.2 Å². The van der Waals surface area contributed by atoms with Crippen molar-refractivity contribution in [2.45, 2.75) is 13.0 Å². The van der Waals surface area contributed by atoms with E-state index in [0.717, 1.165) is 12.1 Å². The zero-order chi connectivity index (χ0) is 20.1. The molecule has 3 aromatic carbocycles. The van der Waals surface area contributed by atoms with Gasteiger partial charge < -0.3 is 15.4 Å². The monoisotopic (exact) mass is 386 g/mol. The summed E-state index contributed by atoms with van der Waals surface area (Å²) in [5.74, 6) is -3.92. The molecule has 0 unspecified atom stereocenters. The van der Waals surface area contributed by atoms with Crippen LogP contribution in [0.1, 0.15) is 6.92 Å². The summed E-state index contributed by atoms with van der Waals surface area (Å²) in [7, 11) is 0. The van der Waals surface area contributed by atoms with E-state index < -0.39 is 35.1 Å². The Kier molecular flexibility index (Phi) is 5.84. The molecule has 0 aromatic heterocycles. The maximum absolute atomic E-state index is 13.7. The third kappa shape index (κ3) is 4.43. The predicted octanol–water partition coefficient (Wildman–Crippen LogP) is 5.34. The third-order valence-corrected chi connectivity index (χ3v) is 3.92. The molecule has 0 aliphatic carbocycles. The lowest BCUT2D eigenvalue weighted by Gasteiger charge is -2.18. The molecule has 3 rings (SSSR count). The molecule has 1 atom stereocenters. The lowest BCUT2D eigenvalue weighted by atomic mass is 10.2. The van der Waals surface area contributed by atoms with Crippen LogP contribution >= 0.6 is 0 Å². The molecule has 0 radical (unpaired) electrons. The Morgan fingerprint density at radius 2 is 1.54 bits per heavy atom. The van der Waals surface area contributed by atoms with Crippen molar-refractivity contribution >= 4 is 17.3 Å². The van der Waals surface area contributed by atoms with Crippen LogP contribution in [0.2, 0.25) is 0 Å². The van der Waals surface area contributed by atoms with Crippen molar-refractivity contribution in [3.05, 3.63) is 84.2 Å². The Balaban J connectivity index is 1.72. The van der Waals surface area contributed by atoms with Crippen LogP contribution in [-0.4, -0.2) is 11.9 Å². The summed E-state index contributed by atoms with van der Waals surface area (Å²) in [5.41, 5.74) is 0.103. The molecular formula is C21H17F3N2O2. The SMILES string of the molecule is C[C@H](Nc1ccccc1Oc1ccccc1)C(=O)Nc1ccc(F)c(F)c1F. The van der Waals surface area contributed by atoms with E-state index in [-0.39, 0.29) is 0 Å². The van der Waals surface area contributed by atoms with E-state index >= 15 is 0 Å². The number of ether oxygens (including phenoxy) is 1. The lowest BCUT2D eigenvalue weighted by Crippen LogP contribution is -2.32. The van der Waals surface area contributed by atoms with E-state index in [9.17, 15) is 18.0 Å². The van der Waals surface area contributed by atoms with E-state index in [1.807, 2.05) is 18.2 Å². The fraction of sp³-hybridized carbons (Fsp3) is 0.0952. The number of halogens is 3. The van der Waals surface area contributed by atoms with Gasteiger partial charge in [0.25, 0.3) is 0 Å². The number of amides is 1. The normalized spacial score (nSPS) is 11.6. The summed E-state index contributed by atoms with van der Waals surface area (Å²) in [6.07, 6.45) is 0. The van der Waals surface area contributed by atoms with Gasteiger partial charge in [0.05, 0.1) is 11.4 Å². The van der Waals surface area contributed by atoms with Gasteiger partial charge in [0, 0.05) is 0 Å². The average Bonchev–Trinajstić information content (AvgIpc) is 2.70. The van der Waals surface area contributed by atoms with Crippen LogP contribution in [0.4, 0.5) is 24.5 Å². The molecule has 0 fully saturated rings. The van der Waals surface area contributed by atoms with Crippen molar-refractivity contribution in [2.75, 3.05) is 10.6 Å². The number of benzene rings is 3. The fourth-order valence-electron chi connectivity index (χ4n) is 2.45. The van der Waals surface area contributed by atoms with E-state index in [0.29, 0.717) is 17.2 Å². The van der Waals surface area contributed by atoms with Crippen LogP contribution in [0.15, 0.2) is 66.7 Å². The summed E-state index contributed by atoms with van der Waals surface area (Å²) in [4.78, 5) is 12.3. The summed E-state index contributed by atoms with van der Waals surface area (Å²) >= 11 is 0. The molecule has 0 bridgehead atoms. The van der Waals surface area contributed by atoms with Gasteiger partial charge >= 0.3 is 0 Å². The number of hydrogen-bond acceptors (Lipinski definition) is 3. The number of rotatable bonds is 6. The first-order chi connectivity index (χ1) is 13.5. The molecule has 0 aliphatic rings. The number of anilines is 2. The smallest absolute Gasteiger partial charge is 0.246 e. The highest BCUT2D eigenvalue weighted by Crippen LogP contribution is 2.29. The Labute approximate surface area is 160 Å². The Bertz CT molecular complexity index is 981. The minimum atomic E-state index is -1.64. The zero-order valence-electron chi connectivity index (χ0n) is 14.9. The van der Waals surface area contributed by atoms with Gasteiger partial charge in [-0.3, -0.25) is 4.79 Å². The molecule has 0 spiro atoms. The van der Waals surface area contributed by atoms with Gasteiger partial charge in [-0.15, -0.1) is 0 Å². The minimum absolute atomic E-state index is 0.439. The van der Waals surface area contributed by atoms with Crippen LogP contribution < -0.4 is 15.4 Å². The second kappa shape index (κ2) is 8.47. The largest absolute Gasteiger partial charge is 0.455 e. The third-order valence-electron chi connectivity index (χ3n) is 3.92. The van der Waals surface area contributed by atoms with Gasteiger partial charge in [-0.2, -0.15) is 0 Å². The maximum Gasteiger partial charge on any atom is 0.246 e. The number of hydrogen-bond donors (Lipinski definition) is 2. The summed E-state index contributed by atoms with van der Waals surface area (Å²) < 4.78 is 45.9. The van der Waals surface area contributed by atoms with E-state index in [1.54, 1.807) is 43.3 Å². The van der Waals surface area contributed by atoms with Crippen molar-refractivity contribution in [1.82, 2.24) is 0 Å². The first-order valence-corrected chi connectivity index (χ1v) is 8.48. The highest BCUT2D eigenvalue weighted by atomic mass is 19.2. The van der Waals surface area contributed by atoms with Crippen LogP contribution in [0, 0.1) is 17.5 Å². The van der Waals surface area contributed by atoms with Gasteiger partial charge in [0.2, 0.25) is 5.91 Å².